The number of rotatable bonds is 9. The minimum absolute atomic E-state index is 0. The first-order valence-corrected chi connectivity index (χ1v) is 10.1. The Morgan fingerprint density at radius 3 is 2.33 bits per heavy atom. The first-order valence-electron chi connectivity index (χ1n) is 8.07. The van der Waals surface area contributed by atoms with E-state index in [9.17, 15) is 21.6 Å². The van der Waals surface area contributed by atoms with Crippen LogP contribution >= 0.6 is 24.0 Å². The number of guanidine groups is 1. The molecule has 0 unspecified atom stereocenters. The number of hydrogen-bond donors (Lipinski definition) is 2. The fraction of sp³-hybridized carbons (Fsp3) is 0.562. The van der Waals surface area contributed by atoms with Crippen LogP contribution in [0.15, 0.2) is 29.3 Å². The van der Waals surface area contributed by atoms with Gasteiger partial charge in [0.2, 0.25) is 0 Å². The Balaban J connectivity index is 0.00000676. The van der Waals surface area contributed by atoms with Crippen molar-refractivity contribution in [3.63, 3.8) is 0 Å². The van der Waals surface area contributed by atoms with Crippen LogP contribution in [0.2, 0.25) is 0 Å². The van der Waals surface area contributed by atoms with E-state index in [1.807, 2.05) is 6.92 Å². The van der Waals surface area contributed by atoms with Crippen molar-refractivity contribution in [3.05, 3.63) is 29.8 Å². The van der Waals surface area contributed by atoms with E-state index >= 15 is 0 Å². The fourth-order valence-electron chi connectivity index (χ4n) is 1.91. The quantitative estimate of drug-likeness (QED) is 0.225. The van der Waals surface area contributed by atoms with Gasteiger partial charge in [-0.2, -0.15) is 13.2 Å². The summed E-state index contributed by atoms with van der Waals surface area (Å²) < 4.78 is 63.2. The summed E-state index contributed by atoms with van der Waals surface area (Å²) in [6.07, 6.45) is -2.71. The summed E-state index contributed by atoms with van der Waals surface area (Å²) in [5.74, 6) is 0.776. The zero-order valence-corrected chi connectivity index (χ0v) is 18.3. The lowest BCUT2D eigenvalue weighted by Crippen LogP contribution is -2.38. The van der Waals surface area contributed by atoms with Crippen LogP contribution in [0.5, 0.6) is 5.75 Å². The van der Waals surface area contributed by atoms with Crippen molar-refractivity contribution >= 4 is 39.8 Å². The van der Waals surface area contributed by atoms with E-state index in [1.165, 1.54) is 18.4 Å². The van der Waals surface area contributed by atoms with Gasteiger partial charge in [0.05, 0.1) is 12.3 Å². The third-order valence-corrected chi connectivity index (χ3v) is 4.10. The van der Waals surface area contributed by atoms with Crippen molar-refractivity contribution in [1.82, 2.24) is 10.6 Å². The van der Waals surface area contributed by atoms with Gasteiger partial charge in [-0.15, -0.1) is 24.0 Å². The Kier molecular flexibility index (Phi) is 11.7. The fourth-order valence-corrected chi connectivity index (χ4v) is 2.58. The van der Waals surface area contributed by atoms with E-state index in [1.54, 1.807) is 12.1 Å². The minimum atomic E-state index is -4.37. The molecule has 0 bridgehead atoms. The Morgan fingerprint density at radius 2 is 1.81 bits per heavy atom. The highest BCUT2D eigenvalue weighted by Gasteiger charge is 2.28. The second kappa shape index (κ2) is 12.3. The Bertz CT molecular complexity index is 680. The molecule has 27 heavy (non-hydrogen) atoms. The van der Waals surface area contributed by atoms with E-state index in [2.05, 4.69) is 20.4 Å². The van der Waals surface area contributed by atoms with Crippen LogP contribution in [0.4, 0.5) is 13.2 Å². The van der Waals surface area contributed by atoms with Crippen molar-refractivity contribution in [1.29, 1.82) is 0 Å². The number of aliphatic imine (C=N–C) groups is 1. The van der Waals surface area contributed by atoms with Crippen molar-refractivity contribution in [2.75, 3.05) is 31.7 Å². The summed E-state index contributed by atoms with van der Waals surface area (Å²) in [5, 5.41) is 6.08. The van der Waals surface area contributed by atoms with Gasteiger partial charge in [0.15, 0.2) is 12.6 Å². The molecule has 156 valence electrons. The van der Waals surface area contributed by atoms with Gasteiger partial charge in [0.1, 0.15) is 15.6 Å². The first-order chi connectivity index (χ1) is 12.1. The lowest BCUT2D eigenvalue weighted by atomic mass is 10.2. The number of hydrogen-bond acceptors (Lipinski definition) is 4. The monoisotopic (exact) mass is 523 g/mol. The predicted molar refractivity (Wildman–Crippen MR) is 111 cm³/mol. The number of halogens is 4. The average molecular weight is 523 g/mol. The van der Waals surface area contributed by atoms with Crippen molar-refractivity contribution < 1.29 is 26.3 Å². The highest BCUT2D eigenvalue weighted by Crippen LogP contribution is 2.19. The molecule has 0 amide bonds. The molecular formula is C16H25F3IN3O3S. The van der Waals surface area contributed by atoms with Crippen LogP contribution in [0, 0.1) is 0 Å². The standard InChI is InChI=1S/C16H24F3N3O3S.HI/c1-3-20-15(21-9-4-10-26(2,23)24)22-11-13-5-7-14(8-6-13)25-12-16(17,18)19;/h5-8H,3-4,9-12H2,1-2H3,(H2,20,21,22);1H. The van der Waals surface area contributed by atoms with Gasteiger partial charge >= 0.3 is 6.18 Å². The third kappa shape index (κ3) is 13.6. The molecule has 11 heteroatoms. The summed E-state index contributed by atoms with van der Waals surface area (Å²) in [6, 6.07) is 6.21. The Morgan fingerprint density at radius 1 is 1.19 bits per heavy atom. The highest BCUT2D eigenvalue weighted by molar-refractivity contribution is 14.0. The van der Waals surface area contributed by atoms with E-state index in [0.29, 0.717) is 32.0 Å². The van der Waals surface area contributed by atoms with E-state index in [0.717, 1.165) is 5.56 Å². The zero-order chi connectivity index (χ0) is 19.6. The third-order valence-electron chi connectivity index (χ3n) is 3.07. The lowest BCUT2D eigenvalue weighted by Gasteiger charge is -2.11. The van der Waals surface area contributed by atoms with Gasteiger partial charge in [-0.1, -0.05) is 12.1 Å². The molecule has 1 aromatic carbocycles. The average Bonchev–Trinajstić information content (AvgIpc) is 2.54. The van der Waals surface area contributed by atoms with Crippen LogP contribution in [0.1, 0.15) is 18.9 Å². The topological polar surface area (TPSA) is 79.8 Å². The van der Waals surface area contributed by atoms with Gasteiger partial charge in [-0.05, 0) is 31.0 Å². The summed E-state index contributed by atoms with van der Waals surface area (Å²) in [7, 11) is -2.99. The normalized spacial score (nSPS) is 12.3. The highest BCUT2D eigenvalue weighted by atomic mass is 127. The molecule has 2 N–H and O–H groups in total. The van der Waals surface area contributed by atoms with Crippen LogP contribution in [-0.2, 0) is 16.4 Å². The molecule has 0 aromatic heterocycles. The molecule has 0 heterocycles. The Labute approximate surface area is 174 Å². The molecule has 1 aromatic rings. The van der Waals surface area contributed by atoms with Gasteiger partial charge in [-0.25, -0.2) is 13.4 Å². The van der Waals surface area contributed by atoms with E-state index < -0.39 is 22.6 Å². The van der Waals surface area contributed by atoms with Crippen LogP contribution in [-0.4, -0.2) is 52.3 Å². The number of benzene rings is 1. The number of nitrogens with zero attached hydrogens (tertiary/aromatic N) is 1. The smallest absolute Gasteiger partial charge is 0.422 e. The second-order valence-corrected chi connectivity index (χ2v) is 7.91. The van der Waals surface area contributed by atoms with Gasteiger partial charge in [0.25, 0.3) is 0 Å². The van der Waals surface area contributed by atoms with Crippen molar-refractivity contribution in [2.24, 2.45) is 4.99 Å². The number of ether oxygens (including phenoxy) is 1. The van der Waals surface area contributed by atoms with Crippen LogP contribution < -0.4 is 15.4 Å². The van der Waals surface area contributed by atoms with Gasteiger partial charge in [-0.3, -0.25) is 0 Å². The van der Waals surface area contributed by atoms with Gasteiger partial charge in [0, 0.05) is 19.3 Å². The molecule has 0 fully saturated rings. The van der Waals surface area contributed by atoms with Crippen molar-refractivity contribution in [3.8, 4) is 5.75 Å². The molecular weight excluding hydrogens is 498 g/mol. The number of nitrogens with one attached hydrogen (secondary N) is 2. The molecule has 0 spiro atoms. The Hall–Kier alpha value is -1.24. The molecule has 1 rings (SSSR count). The molecule has 0 aliphatic carbocycles. The molecule has 0 radical (unpaired) electrons. The molecule has 0 saturated carbocycles. The van der Waals surface area contributed by atoms with Crippen LogP contribution in [0.3, 0.4) is 0 Å². The lowest BCUT2D eigenvalue weighted by molar-refractivity contribution is -0.153. The minimum Gasteiger partial charge on any atom is -0.484 e. The zero-order valence-electron chi connectivity index (χ0n) is 15.2. The summed E-state index contributed by atoms with van der Waals surface area (Å²) in [6.45, 7) is 2.00. The first kappa shape index (κ1) is 25.8. The van der Waals surface area contributed by atoms with Gasteiger partial charge < -0.3 is 15.4 Å². The second-order valence-electron chi connectivity index (χ2n) is 5.65. The predicted octanol–water partition coefficient (Wildman–Crippen LogP) is 2.74. The maximum Gasteiger partial charge on any atom is 0.422 e. The van der Waals surface area contributed by atoms with Crippen LogP contribution in [0.25, 0.3) is 0 Å². The molecule has 0 aliphatic heterocycles. The van der Waals surface area contributed by atoms with E-state index in [-0.39, 0.29) is 35.5 Å². The number of alkyl halides is 3. The summed E-state index contributed by atoms with van der Waals surface area (Å²) >= 11 is 0. The number of sulfone groups is 1. The summed E-state index contributed by atoms with van der Waals surface area (Å²) in [4.78, 5) is 4.36. The largest absolute Gasteiger partial charge is 0.484 e. The van der Waals surface area contributed by atoms with E-state index in [4.69, 9.17) is 0 Å². The molecule has 6 nitrogen and oxygen atoms in total. The summed E-state index contributed by atoms with van der Waals surface area (Å²) in [5.41, 5.74) is 0.803. The molecule has 0 atom stereocenters. The SMILES string of the molecule is CCNC(=NCc1ccc(OCC(F)(F)F)cc1)NCCCS(C)(=O)=O.I. The maximum atomic E-state index is 12.1. The van der Waals surface area contributed by atoms with Crippen molar-refractivity contribution in [2.45, 2.75) is 26.1 Å². The molecule has 0 aliphatic rings. The molecule has 0 saturated heterocycles. The maximum absolute atomic E-state index is 12.1.